The molecule has 0 amide bonds. The third kappa shape index (κ3) is 3.39. The van der Waals surface area contributed by atoms with E-state index in [1.807, 2.05) is 58.0 Å². The molecule has 0 aliphatic heterocycles. The molecule has 0 bridgehead atoms. The fourth-order valence-corrected chi connectivity index (χ4v) is 1.27. The molecule has 0 saturated heterocycles. The molecule has 1 atom stereocenters. The summed E-state index contributed by atoms with van der Waals surface area (Å²) in [5, 5.41) is 11.7. The molecule has 0 aliphatic carbocycles. The summed E-state index contributed by atoms with van der Waals surface area (Å²) in [6, 6.07) is 10.0. The quantitative estimate of drug-likeness (QED) is 0.315. The van der Waals surface area contributed by atoms with Gasteiger partial charge in [0.05, 0.1) is 5.92 Å². The van der Waals surface area contributed by atoms with Crippen LogP contribution in [-0.2, 0) is 0 Å². The predicted octanol–water partition coefficient (Wildman–Crippen LogP) is 3.17. The summed E-state index contributed by atoms with van der Waals surface area (Å²) in [6.45, 7) is 7.77. The van der Waals surface area contributed by atoms with Crippen LogP contribution >= 0.6 is 0 Å². The summed E-state index contributed by atoms with van der Waals surface area (Å²) < 4.78 is 1.03. The third-order valence-electron chi connectivity index (χ3n) is 2.35. The molecular weight excluding hydrogens is 186 g/mol. The Bertz CT molecular complexity index is 335. The van der Waals surface area contributed by atoms with E-state index in [-0.39, 0.29) is 11.5 Å². The fourth-order valence-electron chi connectivity index (χ4n) is 1.27. The van der Waals surface area contributed by atoms with E-state index in [4.69, 9.17) is 0 Å². The zero-order chi connectivity index (χ0) is 11.5. The molecule has 2 nitrogen and oxygen atoms in total. The summed E-state index contributed by atoms with van der Waals surface area (Å²) in [5.41, 5.74) is 0.811. The van der Waals surface area contributed by atoms with Gasteiger partial charge in [0, 0.05) is 20.8 Å². The maximum Gasteiger partial charge on any atom is 0.164 e. The van der Waals surface area contributed by atoms with Crippen molar-refractivity contribution in [1.29, 1.82) is 0 Å². The average molecular weight is 205 g/mol. The first-order valence-corrected chi connectivity index (χ1v) is 5.27. The molecule has 0 saturated carbocycles. The minimum Gasteiger partial charge on any atom is -0.624 e. The van der Waals surface area contributed by atoms with Crippen LogP contribution in [0.4, 0.5) is 0 Å². The van der Waals surface area contributed by atoms with E-state index in [1.165, 1.54) is 5.56 Å². The second-order valence-electron chi connectivity index (χ2n) is 4.85. The van der Waals surface area contributed by atoms with Crippen LogP contribution < -0.4 is 0 Å². The Morgan fingerprint density at radius 2 is 1.73 bits per heavy atom. The van der Waals surface area contributed by atoms with E-state index in [2.05, 4.69) is 0 Å². The molecule has 2 heteroatoms. The monoisotopic (exact) mass is 205 g/mol. The van der Waals surface area contributed by atoms with Crippen LogP contribution in [0.3, 0.4) is 0 Å². The normalized spacial score (nSPS) is 15.1. The minimum atomic E-state index is -0.358. The Morgan fingerprint density at radius 3 is 2.20 bits per heavy atom. The van der Waals surface area contributed by atoms with Gasteiger partial charge in [-0.3, -0.25) is 0 Å². The van der Waals surface area contributed by atoms with Crippen LogP contribution in [0.5, 0.6) is 0 Å². The van der Waals surface area contributed by atoms with Gasteiger partial charge < -0.3 is 5.21 Å². The van der Waals surface area contributed by atoms with E-state index >= 15 is 0 Å². The molecule has 0 heterocycles. The number of rotatable bonds is 2. The van der Waals surface area contributed by atoms with Gasteiger partial charge >= 0.3 is 0 Å². The highest BCUT2D eigenvalue weighted by atomic mass is 16.5. The minimum absolute atomic E-state index is 0.155. The molecular formula is C13H19NO. The van der Waals surface area contributed by atoms with Gasteiger partial charge in [-0.15, -0.1) is 0 Å². The molecule has 0 spiro atoms. The predicted molar refractivity (Wildman–Crippen MR) is 64.3 cm³/mol. The number of benzene rings is 1. The highest BCUT2D eigenvalue weighted by Gasteiger charge is 2.19. The highest BCUT2D eigenvalue weighted by molar-refractivity contribution is 5.62. The Balaban J connectivity index is 2.84. The molecule has 82 valence electrons. The van der Waals surface area contributed by atoms with E-state index in [0.29, 0.717) is 0 Å². The number of hydrogen-bond donors (Lipinski definition) is 0. The van der Waals surface area contributed by atoms with Crippen LogP contribution in [0.25, 0.3) is 0 Å². The average Bonchev–Trinajstić information content (AvgIpc) is 2.17. The van der Waals surface area contributed by atoms with E-state index in [0.717, 1.165) is 4.74 Å². The van der Waals surface area contributed by atoms with Gasteiger partial charge in [0.2, 0.25) is 0 Å². The molecule has 1 aromatic rings. The van der Waals surface area contributed by atoms with E-state index in [9.17, 15) is 5.21 Å². The maximum atomic E-state index is 11.7. The Morgan fingerprint density at radius 1 is 1.20 bits per heavy atom. The summed E-state index contributed by atoms with van der Waals surface area (Å²) >= 11 is 0. The van der Waals surface area contributed by atoms with Crippen molar-refractivity contribution in [3.63, 3.8) is 0 Å². The molecule has 0 aliphatic rings. The number of hydroxylamine groups is 1. The van der Waals surface area contributed by atoms with E-state index in [1.54, 1.807) is 6.21 Å². The fraction of sp³-hybridized carbons (Fsp3) is 0.462. The lowest BCUT2D eigenvalue weighted by Gasteiger charge is -2.20. The topological polar surface area (TPSA) is 26.1 Å². The third-order valence-corrected chi connectivity index (χ3v) is 2.35. The van der Waals surface area contributed by atoms with Crippen molar-refractivity contribution in [2.24, 2.45) is 0 Å². The Kier molecular flexibility index (Phi) is 3.51. The van der Waals surface area contributed by atoms with Gasteiger partial charge in [-0.1, -0.05) is 30.3 Å². The van der Waals surface area contributed by atoms with Crippen molar-refractivity contribution >= 4 is 6.21 Å². The van der Waals surface area contributed by atoms with Gasteiger partial charge in [-0.25, -0.2) is 4.74 Å². The standard InChI is InChI=1S/C13H19NO/c1-11(10-14(15)13(2,3)4)12-8-6-5-7-9-12/h5-11H,1-4H3. The van der Waals surface area contributed by atoms with Crippen molar-refractivity contribution in [3.8, 4) is 0 Å². The van der Waals surface area contributed by atoms with Crippen LogP contribution in [0.2, 0.25) is 0 Å². The largest absolute Gasteiger partial charge is 0.624 e. The van der Waals surface area contributed by atoms with Crippen LogP contribution in [-0.4, -0.2) is 16.5 Å². The van der Waals surface area contributed by atoms with Gasteiger partial charge in [0.15, 0.2) is 11.8 Å². The first-order chi connectivity index (χ1) is 6.91. The smallest absolute Gasteiger partial charge is 0.164 e. The number of nitrogens with zero attached hydrogens (tertiary/aromatic N) is 1. The van der Waals surface area contributed by atoms with Crippen LogP contribution in [0, 0.1) is 5.21 Å². The van der Waals surface area contributed by atoms with Crippen molar-refractivity contribution < 1.29 is 4.74 Å². The molecule has 0 N–H and O–H groups in total. The molecule has 1 aromatic carbocycles. The number of hydrogen-bond acceptors (Lipinski definition) is 1. The van der Waals surface area contributed by atoms with Gasteiger partial charge in [0.1, 0.15) is 0 Å². The second-order valence-corrected chi connectivity index (χ2v) is 4.85. The van der Waals surface area contributed by atoms with E-state index < -0.39 is 0 Å². The van der Waals surface area contributed by atoms with Gasteiger partial charge in [-0.2, -0.15) is 0 Å². The van der Waals surface area contributed by atoms with Crippen molar-refractivity contribution in [2.75, 3.05) is 0 Å². The van der Waals surface area contributed by atoms with Gasteiger partial charge in [-0.05, 0) is 12.5 Å². The zero-order valence-corrected chi connectivity index (χ0v) is 9.90. The first-order valence-electron chi connectivity index (χ1n) is 5.27. The van der Waals surface area contributed by atoms with Crippen LogP contribution in [0.1, 0.15) is 39.2 Å². The van der Waals surface area contributed by atoms with Crippen molar-refractivity contribution in [1.82, 2.24) is 0 Å². The molecule has 15 heavy (non-hydrogen) atoms. The Labute approximate surface area is 91.8 Å². The summed E-state index contributed by atoms with van der Waals surface area (Å²) in [7, 11) is 0. The molecule has 0 aromatic heterocycles. The lowest BCUT2D eigenvalue weighted by molar-refractivity contribution is -0.532. The summed E-state index contributed by atoms with van der Waals surface area (Å²) in [4.78, 5) is 0. The lowest BCUT2D eigenvalue weighted by atomic mass is 10.0. The van der Waals surface area contributed by atoms with Crippen molar-refractivity contribution in [3.05, 3.63) is 41.1 Å². The molecule has 1 unspecified atom stereocenters. The first kappa shape index (κ1) is 11.8. The molecule has 0 fully saturated rings. The zero-order valence-electron chi connectivity index (χ0n) is 9.90. The second kappa shape index (κ2) is 4.47. The maximum absolute atomic E-state index is 11.7. The molecule has 0 radical (unpaired) electrons. The Hall–Kier alpha value is -1.31. The van der Waals surface area contributed by atoms with Crippen molar-refractivity contribution in [2.45, 2.75) is 39.2 Å². The molecule has 1 rings (SSSR count). The van der Waals surface area contributed by atoms with Gasteiger partial charge in [0.25, 0.3) is 0 Å². The SMILES string of the molecule is CC(C=[N+]([O-])C(C)(C)C)c1ccccc1. The lowest BCUT2D eigenvalue weighted by Crippen LogP contribution is -2.30. The van der Waals surface area contributed by atoms with Crippen LogP contribution in [0.15, 0.2) is 30.3 Å². The summed E-state index contributed by atoms with van der Waals surface area (Å²) in [6.07, 6.45) is 1.73. The highest BCUT2D eigenvalue weighted by Crippen LogP contribution is 2.14. The summed E-state index contributed by atoms with van der Waals surface area (Å²) in [5.74, 6) is 0.155.